The van der Waals surface area contributed by atoms with Crippen LogP contribution in [0.1, 0.15) is 24.9 Å². The third-order valence-corrected chi connectivity index (χ3v) is 3.46. The summed E-state index contributed by atoms with van der Waals surface area (Å²) in [5, 5.41) is 3.27. The standard InChI is InChI=1S/C14H19F3N2O/c1-2-13(19-8-6-18-7-9-19)11-4-3-5-12(10-11)20-14(15,16)17/h3-5,10,13,18H,2,6-9H2,1H3/t13-/m1/s1. The number of nitrogens with one attached hydrogen (secondary N) is 1. The van der Waals surface area contributed by atoms with Gasteiger partial charge in [-0.3, -0.25) is 4.90 Å². The molecule has 0 radical (unpaired) electrons. The van der Waals surface area contributed by atoms with Crippen molar-refractivity contribution in [2.75, 3.05) is 26.2 Å². The first kappa shape index (κ1) is 15.1. The van der Waals surface area contributed by atoms with E-state index in [0.29, 0.717) is 0 Å². The van der Waals surface area contributed by atoms with E-state index in [0.717, 1.165) is 38.2 Å². The van der Waals surface area contributed by atoms with Crippen molar-refractivity contribution in [2.45, 2.75) is 25.7 Å². The summed E-state index contributed by atoms with van der Waals surface area (Å²) in [6.45, 7) is 5.68. The molecule has 1 fully saturated rings. The van der Waals surface area contributed by atoms with Crippen LogP contribution in [0.4, 0.5) is 13.2 Å². The zero-order chi connectivity index (χ0) is 14.6. The average Bonchev–Trinajstić information content (AvgIpc) is 2.39. The van der Waals surface area contributed by atoms with Gasteiger partial charge in [-0.25, -0.2) is 0 Å². The normalized spacial score (nSPS) is 18.8. The molecule has 1 heterocycles. The highest BCUT2D eigenvalue weighted by Gasteiger charge is 2.31. The number of nitrogens with zero attached hydrogens (tertiary/aromatic N) is 1. The maximum absolute atomic E-state index is 12.3. The van der Waals surface area contributed by atoms with Crippen molar-refractivity contribution < 1.29 is 17.9 Å². The highest BCUT2D eigenvalue weighted by Crippen LogP contribution is 2.29. The van der Waals surface area contributed by atoms with Crippen LogP contribution in [-0.4, -0.2) is 37.4 Å². The minimum absolute atomic E-state index is 0.133. The molecule has 1 aromatic carbocycles. The molecular formula is C14H19F3N2O. The van der Waals surface area contributed by atoms with Gasteiger partial charge in [-0.1, -0.05) is 19.1 Å². The maximum Gasteiger partial charge on any atom is 0.573 e. The Labute approximate surface area is 116 Å². The van der Waals surface area contributed by atoms with Crippen LogP contribution in [0.25, 0.3) is 0 Å². The summed E-state index contributed by atoms with van der Waals surface area (Å²) in [7, 11) is 0. The van der Waals surface area contributed by atoms with Crippen LogP contribution >= 0.6 is 0 Å². The Morgan fingerprint density at radius 1 is 1.30 bits per heavy atom. The molecule has 112 valence electrons. The lowest BCUT2D eigenvalue weighted by molar-refractivity contribution is -0.274. The molecule has 0 unspecified atom stereocenters. The minimum atomic E-state index is -4.64. The van der Waals surface area contributed by atoms with E-state index < -0.39 is 6.36 Å². The SMILES string of the molecule is CC[C@H](c1cccc(OC(F)(F)F)c1)N1CCNCC1. The van der Waals surface area contributed by atoms with Crippen molar-refractivity contribution in [1.82, 2.24) is 10.2 Å². The van der Waals surface area contributed by atoms with Gasteiger partial charge in [0.25, 0.3) is 0 Å². The van der Waals surface area contributed by atoms with E-state index in [4.69, 9.17) is 0 Å². The summed E-state index contributed by atoms with van der Waals surface area (Å²) in [4.78, 5) is 2.29. The van der Waals surface area contributed by atoms with Gasteiger partial charge in [-0.15, -0.1) is 13.2 Å². The molecule has 0 amide bonds. The molecule has 0 aromatic heterocycles. The van der Waals surface area contributed by atoms with Gasteiger partial charge >= 0.3 is 6.36 Å². The minimum Gasteiger partial charge on any atom is -0.406 e. The second kappa shape index (κ2) is 6.45. The molecule has 0 aliphatic carbocycles. The number of halogens is 3. The Balaban J connectivity index is 2.14. The summed E-state index contributed by atoms with van der Waals surface area (Å²) in [6.07, 6.45) is -3.79. The van der Waals surface area contributed by atoms with E-state index in [1.54, 1.807) is 6.07 Å². The van der Waals surface area contributed by atoms with E-state index in [9.17, 15) is 13.2 Å². The van der Waals surface area contributed by atoms with Gasteiger partial charge in [0.05, 0.1) is 0 Å². The Bertz CT molecular complexity index is 431. The topological polar surface area (TPSA) is 24.5 Å². The zero-order valence-electron chi connectivity index (χ0n) is 11.4. The molecule has 20 heavy (non-hydrogen) atoms. The van der Waals surface area contributed by atoms with Crippen LogP contribution in [0, 0.1) is 0 Å². The van der Waals surface area contributed by atoms with Crippen molar-refractivity contribution in [3.63, 3.8) is 0 Å². The molecule has 1 aliphatic rings. The van der Waals surface area contributed by atoms with Crippen molar-refractivity contribution in [1.29, 1.82) is 0 Å². The summed E-state index contributed by atoms with van der Waals surface area (Å²) in [5.74, 6) is -0.149. The van der Waals surface area contributed by atoms with Gasteiger partial charge in [0, 0.05) is 32.2 Å². The van der Waals surface area contributed by atoms with Gasteiger partial charge < -0.3 is 10.1 Å². The molecule has 2 rings (SSSR count). The van der Waals surface area contributed by atoms with Crippen molar-refractivity contribution >= 4 is 0 Å². The Morgan fingerprint density at radius 2 is 2.00 bits per heavy atom. The Kier molecular flexibility index (Phi) is 4.88. The molecule has 0 saturated carbocycles. The number of rotatable bonds is 4. The van der Waals surface area contributed by atoms with Crippen LogP contribution in [-0.2, 0) is 0 Å². The fourth-order valence-corrected chi connectivity index (χ4v) is 2.62. The second-order valence-electron chi connectivity index (χ2n) is 4.83. The lowest BCUT2D eigenvalue weighted by Gasteiger charge is -2.34. The van der Waals surface area contributed by atoms with E-state index in [1.807, 2.05) is 13.0 Å². The third-order valence-electron chi connectivity index (χ3n) is 3.46. The van der Waals surface area contributed by atoms with E-state index in [1.165, 1.54) is 12.1 Å². The molecule has 1 N–H and O–H groups in total. The lowest BCUT2D eigenvalue weighted by Crippen LogP contribution is -2.45. The molecule has 0 spiro atoms. The first-order valence-corrected chi connectivity index (χ1v) is 6.80. The maximum atomic E-state index is 12.3. The monoisotopic (exact) mass is 288 g/mol. The first-order valence-electron chi connectivity index (χ1n) is 6.80. The van der Waals surface area contributed by atoms with E-state index in [-0.39, 0.29) is 11.8 Å². The number of ether oxygens (including phenoxy) is 1. The highest BCUT2D eigenvalue weighted by atomic mass is 19.4. The Hall–Kier alpha value is -1.27. The number of benzene rings is 1. The van der Waals surface area contributed by atoms with Gasteiger partial charge in [-0.05, 0) is 24.1 Å². The van der Waals surface area contributed by atoms with E-state index >= 15 is 0 Å². The summed E-state index contributed by atoms with van der Waals surface area (Å²) >= 11 is 0. The number of hydrogen-bond donors (Lipinski definition) is 1. The predicted molar refractivity (Wildman–Crippen MR) is 70.6 cm³/mol. The van der Waals surface area contributed by atoms with Crippen molar-refractivity contribution in [2.24, 2.45) is 0 Å². The molecule has 3 nitrogen and oxygen atoms in total. The fourth-order valence-electron chi connectivity index (χ4n) is 2.62. The lowest BCUT2D eigenvalue weighted by atomic mass is 10.0. The average molecular weight is 288 g/mol. The second-order valence-corrected chi connectivity index (χ2v) is 4.83. The molecule has 1 atom stereocenters. The number of alkyl halides is 3. The smallest absolute Gasteiger partial charge is 0.406 e. The molecule has 0 bridgehead atoms. The summed E-state index contributed by atoms with van der Waals surface area (Å²) < 4.78 is 40.8. The molecule has 1 aliphatic heterocycles. The summed E-state index contributed by atoms with van der Waals surface area (Å²) in [6, 6.07) is 6.43. The first-order chi connectivity index (χ1) is 9.49. The molecule has 6 heteroatoms. The third kappa shape index (κ3) is 4.11. The predicted octanol–water partition coefficient (Wildman–Crippen LogP) is 2.94. The zero-order valence-corrected chi connectivity index (χ0v) is 11.4. The van der Waals surface area contributed by atoms with Gasteiger partial charge in [-0.2, -0.15) is 0 Å². The van der Waals surface area contributed by atoms with E-state index in [2.05, 4.69) is 15.0 Å². The van der Waals surface area contributed by atoms with Crippen molar-refractivity contribution in [3.05, 3.63) is 29.8 Å². The van der Waals surface area contributed by atoms with Crippen molar-refractivity contribution in [3.8, 4) is 5.75 Å². The van der Waals surface area contributed by atoms with Gasteiger partial charge in [0.1, 0.15) is 5.75 Å². The van der Waals surface area contributed by atoms with Crippen LogP contribution in [0.15, 0.2) is 24.3 Å². The van der Waals surface area contributed by atoms with Gasteiger partial charge in [0.15, 0.2) is 0 Å². The summed E-state index contributed by atoms with van der Waals surface area (Å²) in [5.41, 5.74) is 0.871. The number of hydrogen-bond acceptors (Lipinski definition) is 3. The molecule has 1 saturated heterocycles. The fraction of sp³-hybridized carbons (Fsp3) is 0.571. The quantitative estimate of drug-likeness (QED) is 0.922. The molecular weight excluding hydrogens is 269 g/mol. The number of piperazine rings is 1. The van der Waals surface area contributed by atoms with Crippen LogP contribution in [0.2, 0.25) is 0 Å². The van der Waals surface area contributed by atoms with Crippen LogP contribution in [0.5, 0.6) is 5.75 Å². The van der Waals surface area contributed by atoms with Crippen LogP contribution < -0.4 is 10.1 Å². The van der Waals surface area contributed by atoms with Crippen LogP contribution in [0.3, 0.4) is 0 Å². The van der Waals surface area contributed by atoms with Gasteiger partial charge in [0.2, 0.25) is 0 Å². The molecule has 1 aromatic rings. The highest BCUT2D eigenvalue weighted by molar-refractivity contribution is 5.31. The largest absolute Gasteiger partial charge is 0.573 e. The Morgan fingerprint density at radius 3 is 2.60 bits per heavy atom.